The molecule has 1 atom stereocenters. The minimum atomic E-state index is -0.0537. The summed E-state index contributed by atoms with van der Waals surface area (Å²) in [5, 5.41) is 7.11. The van der Waals surface area contributed by atoms with Crippen molar-refractivity contribution in [3.05, 3.63) is 17.0 Å². The van der Waals surface area contributed by atoms with Crippen molar-refractivity contribution in [2.24, 2.45) is 5.41 Å². The summed E-state index contributed by atoms with van der Waals surface area (Å²) in [6, 6.07) is 0.163. The molecule has 2 heterocycles. The summed E-state index contributed by atoms with van der Waals surface area (Å²) in [6.45, 7) is 13.4. The molecular formula is C16H27N3O2. The number of amides is 1. The molecule has 0 aliphatic carbocycles. The van der Waals surface area contributed by atoms with E-state index in [1.807, 2.05) is 13.8 Å². The first-order valence-electron chi connectivity index (χ1n) is 7.87. The van der Waals surface area contributed by atoms with Gasteiger partial charge in [-0.15, -0.1) is 0 Å². The van der Waals surface area contributed by atoms with Crippen LogP contribution < -0.4 is 5.32 Å². The third-order valence-corrected chi connectivity index (χ3v) is 4.34. The van der Waals surface area contributed by atoms with Crippen LogP contribution in [0.15, 0.2) is 4.52 Å². The second-order valence-electron chi connectivity index (χ2n) is 6.67. The largest absolute Gasteiger partial charge is 0.360 e. The fourth-order valence-electron chi connectivity index (χ4n) is 3.16. The average molecular weight is 293 g/mol. The number of rotatable bonds is 5. The van der Waals surface area contributed by atoms with Crippen molar-refractivity contribution in [2.45, 2.75) is 53.5 Å². The summed E-state index contributed by atoms with van der Waals surface area (Å²) in [6.07, 6.45) is 1.82. The Morgan fingerprint density at radius 3 is 2.81 bits per heavy atom. The Labute approximate surface area is 127 Å². The van der Waals surface area contributed by atoms with Gasteiger partial charge in [-0.3, -0.25) is 4.79 Å². The first kappa shape index (κ1) is 16.0. The van der Waals surface area contributed by atoms with Crippen LogP contribution in [0.2, 0.25) is 0 Å². The molecular weight excluding hydrogens is 266 g/mol. The van der Waals surface area contributed by atoms with Gasteiger partial charge >= 0.3 is 0 Å². The molecule has 1 amide bonds. The number of likely N-dealkylation sites (tertiary alicyclic amines) is 1. The number of nitrogens with one attached hydrogen (secondary N) is 1. The van der Waals surface area contributed by atoms with Gasteiger partial charge in [-0.25, -0.2) is 0 Å². The molecule has 0 bridgehead atoms. The maximum Gasteiger partial charge on any atom is 0.257 e. The van der Waals surface area contributed by atoms with Crippen LogP contribution in [-0.4, -0.2) is 41.6 Å². The molecule has 1 unspecified atom stereocenters. The van der Waals surface area contributed by atoms with Gasteiger partial charge < -0.3 is 14.7 Å². The molecule has 1 fully saturated rings. The zero-order valence-corrected chi connectivity index (χ0v) is 13.8. The van der Waals surface area contributed by atoms with Gasteiger partial charge in [0.2, 0.25) is 0 Å². The van der Waals surface area contributed by atoms with E-state index >= 15 is 0 Å². The number of hydrogen-bond acceptors (Lipinski definition) is 4. The number of nitrogens with zero attached hydrogens (tertiary/aromatic N) is 2. The number of aryl methyl sites for hydroxylation is 2. The molecule has 0 saturated carbocycles. The molecule has 0 spiro atoms. The first-order chi connectivity index (χ1) is 9.89. The van der Waals surface area contributed by atoms with Crippen molar-refractivity contribution < 1.29 is 9.32 Å². The highest BCUT2D eigenvalue weighted by atomic mass is 16.5. The van der Waals surface area contributed by atoms with Crippen molar-refractivity contribution >= 4 is 5.91 Å². The second-order valence-corrected chi connectivity index (χ2v) is 6.67. The molecule has 1 aliphatic heterocycles. The van der Waals surface area contributed by atoms with E-state index in [1.54, 1.807) is 0 Å². The monoisotopic (exact) mass is 293 g/mol. The third kappa shape index (κ3) is 3.28. The van der Waals surface area contributed by atoms with Crippen molar-refractivity contribution in [2.75, 3.05) is 19.6 Å². The number of aromatic nitrogens is 1. The molecule has 0 radical (unpaired) electrons. The molecule has 1 aromatic rings. The van der Waals surface area contributed by atoms with Gasteiger partial charge in [0.1, 0.15) is 11.3 Å². The zero-order valence-electron chi connectivity index (χ0n) is 13.8. The normalized spacial score (nSPS) is 21.7. The summed E-state index contributed by atoms with van der Waals surface area (Å²) >= 11 is 0. The highest BCUT2D eigenvalue weighted by Gasteiger charge is 2.40. The van der Waals surface area contributed by atoms with Gasteiger partial charge in [0.25, 0.3) is 5.91 Å². The van der Waals surface area contributed by atoms with Gasteiger partial charge in [0, 0.05) is 25.6 Å². The maximum absolute atomic E-state index is 12.6. The Morgan fingerprint density at radius 1 is 1.48 bits per heavy atom. The molecule has 1 N–H and O–H groups in total. The van der Waals surface area contributed by atoms with E-state index < -0.39 is 0 Å². The number of hydrogen-bond donors (Lipinski definition) is 1. The molecule has 5 heteroatoms. The van der Waals surface area contributed by atoms with Crippen LogP contribution >= 0.6 is 0 Å². The quantitative estimate of drug-likeness (QED) is 0.905. The zero-order chi connectivity index (χ0) is 15.6. The Morgan fingerprint density at radius 2 is 2.19 bits per heavy atom. The molecule has 21 heavy (non-hydrogen) atoms. The number of carbonyl (C=O) groups excluding carboxylic acids is 1. The summed E-state index contributed by atoms with van der Waals surface area (Å²) < 4.78 is 5.22. The Balaban J connectivity index is 2.10. The fourth-order valence-corrected chi connectivity index (χ4v) is 3.16. The Kier molecular flexibility index (Phi) is 4.71. The van der Waals surface area contributed by atoms with E-state index in [4.69, 9.17) is 4.52 Å². The minimum absolute atomic E-state index is 0.0537. The lowest BCUT2D eigenvalue weighted by atomic mass is 9.87. The summed E-state index contributed by atoms with van der Waals surface area (Å²) in [5.74, 6) is 0.619. The van der Waals surface area contributed by atoms with Crippen LogP contribution in [0.1, 0.15) is 55.9 Å². The standard InChI is InChI=1S/C16H27N3O2/c1-6-8-19-9-13(16(4,5)10-19)17-15(20)14-11(3)18-21-12(14)7-2/h13H,6-10H2,1-5H3,(H,17,20). The van der Waals surface area contributed by atoms with Crippen molar-refractivity contribution in [1.29, 1.82) is 0 Å². The van der Waals surface area contributed by atoms with Crippen LogP contribution in [0.4, 0.5) is 0 Å². The lowest BCUT2D eigenvalue weighted by Crippen LogP contribution is -2.44. The predicted octanol–water partition coefficient (Wildman–Crippen LogP) is 2.40. The van der Waals surface area contributed by atoms with Gasteiger partial charge in [0.05, 0.1) is 5.69 Å². The average Bonchev–Trinajstić information content (AvgIpc) is 2.90. The van der Waals surface area contributed by atoms with Crippen molar-refractivity contribution in [1.82, 2.24) is 15.4 Å². The van der Waals surface area contributed by atoms with Gasteiger partial charge in [-0.2, -0.15) is 0 Å². The topological polar surface area (TPSA) is 58.4 Å². The van der Waals surface area contributed by atoms with E-state index in [9.17, 15) is 4.79 Å². The Hall–Kier alpha value is -1.36. The first-order valence-corrected chi connectivity index (χ1v) is 7.87. The van der Waals surface area contributed by atoms with Gasteiger partial charge in [-0.1, -0.05) is 32.9 Å². The molecule has 2 rings (SSSR count). The number of carbonyl (C=O) groups is 1. The molecule has 118 valence electrons. The minimum Gasteiger partial charge on any atom is -0.360 e. The highest BCUT2D eigenvalue weighted by molar-refractivity contribution is 5.96. The van der Waals surface area contributed by atoms with Crippen molar-refractivity contribution in [3.63, 3.8) is 0 Å². The van der Waals surface area contributed by atoms with E-state index in [2.05, 4.69) is 36.1 Å². The summed E-state index contributed by atoms with van der Waals surface area (Å²) in [5.41, 5.74) is 1.37. The smallest absolute Gasteiger partial charge is 0.257 e. The van der Waals surface area contributed by atoms with Crippen LogP contribution in [0.3, 0.4) is 0 Å². The van der Waals surface area contributed by atoms with E-state index in [0.717, 1.165) is 26.1 Å². The molecule has 1 saturated heterocycles. The maximum atomic E-state index is 12.6. The van der Waals surface area contributed by atoms with Crippen LogP contribution in [0.5, 0.6) is 0 Å². The molecule has 0 aromatic carbocycles. The lowest BCUT2D eigenvalue weighted by molar-refractivity contribution is 0.0914. The lowest BCUT2D eigenvalue weighted by Gasteiger charge is -2.26. The second kappa shape index (κ2) is 6.18. The molecule has 5 nitrogen and oxygen atoms in total. The van der Waals surface area contributed by atoms with Gasteiger partial charge in [0.15, 0.2) is 0 Å². The van der Waals surface area contributed by atoms with E-state index in [-0.39, 0.29) is 17.4 Å². The summed E-state index contributed by atoms with van der Waals surface area (Å²) in [4.78, 5) is 15.0. The summed E-state index contributed by atoms with van der Waals surface area (Å²) in [7, 11) is 0. The fraction of sp³-hybridized carbons (Fsp3) is 0.750. The van der Waals surface area contributed by atoms with Crippen molar-refractivity contribution in [3.8, 4) is 0 Å². The SMILES string of the molecule is CCCN1CC(NC(=O)c2c(C)noc2CC)C(C)(C)C1. The Bertz CT molecular complexity index is 508. The highest BCUT2D eigenvalue weighted by Crippen LogP contribution is 2.30. The van der Waals surface area contributed by atoms with E-state index in [1.165, 1.54) is 0 Å². The third-order valence-electron chi connectivity index (χ3n) is 4.34. The van der Waals surface area contributed by atoms with Crippen LogP contribution in [0, 0.1) is 12.3 Å². The molecule has 1 aromatic heterocycles. The van der Waals surface area contributed by atoms with Crippen LogP contribution in [-0.2, 0) is 6.42 Å². The van der Waals surface area contributed by atoms with Gasteiger partial charge in [-0.05, 0) is 25.3 Å². The molecule has 1 aliphatic rings. The van der Waals surface area contributed by atoms with E-state index in [0.29, 0.717) is 23.4 Å². The van der Waals surface area contributed by atoms with Crippen LogP contribution in [0.25, 0.3) is 0 Å². The predicted molar refractivity (Wildman–Crippen MR) is 82.4 cm³/mol.